The summed E-state index contributed by atoms with van der Waals surface area (Å²) < 4.78 is 12.5. The van der Waals surface area contributed by atoms with E-state index >= 15 is 0 Å². The van der Waals surface area contributed by atoms with Gasteiger partial charge in [0, 0.05) is 27.3 Å². The number of ether oxygens (including phenoxy) is 2. The monoisotopic (exact) mass is 261 g/mol. The van der Waals surface area contributed by atoms with Gasteiger partial charge in [-0.15, -0.1) is 0 Å². The van der Waals surface area contributed by atoms with E-state index in [1.54, 1.807) is 26.7 Å². The van der Waals surface area contributed by atoms with Gasteiger partial charge in [-0.3, -0.25) is 0 Å². The first-order valence-electron chi connectivity index (χ1n) is 6.12. The quantitative estimate of drug-likeness (QED) is 0.804. The summed E-state index contributed by atoms with van der Waals surface area (Å²) in [7, 11) is 3.23. The third-order valence-corrected chi connectivity index (χ3v) is 3.03. The number of benzene rings is 1. The van der Waals surface area contributed by atoms with Crippen LogP contribution >= 0.6 is 0 Å². The molecule has 1 aromatic carbocycles. The molecule has 5 heteroatoms. The fourth-order valence-electron chi connectivity index (χ4n) is 1.97. The summed E-state index contributed by atoms with van der Waals surface area (Å²) in [6, 6.07) is 8.22. The maximum Gasteiger partial charge on any atom is 0.200 e. The van der Waals surface area contributed by atoms with Gasteiger partial charge in [-0.05, 0) is 11.1 Å². The molecule has 2 aromatic rings. The van der Waals surface area contributed by atoms with Crippen LogP contribution in [-0.4, -0.2) is 23.8 Å². The van der Waals surface area contributed by atoms with Crippen molar-refractivity contribution in [1.29, 1.82) is 0 Å². The molecule has 0 unspecified atom stereocenters. The number of nitrogens with zero attached hydrogens (tertiary/aromatic N) is 2. The molecule has 0 amide bonds. The summed E-state index contributed by atoms with van der Waals surface area (Å²) in [6.45, 7) is 1.29. The highest BCUT2D eigenvalue weighted by Crippen LogP contribution is 2.18. The van der Waals surface area contributed by atoms with E-state index in [0.29, 0.717) is 6.54 Å². The highest BCUT2D eigenvalue weighted by molar-refractivity contribution is 5.23. The molecule has 0 spiro atoms. The molecule has 0 fully saturated rings. The van der Waals surface area contributed by atoms with Crippen LogP contribution in [0.4, 0.5) is 0 Å². The van der Waals surface area contributed by atoms with Crippen LogP contribution in [0.3, 0.4) is 0 Å². The van der Waals surface area contributed by atoms with Crippen molar-refractivity contribution < 1.29 is 9.47 Å². The van der Waals surface area contributed by atoms with Crippen molar-refractivity contribution in [1.82, 2.24) is 9.55 Å². The van der Waals surface area contributed by atoms with E-state index in [1.807, 2.05) is 16.7 Å². The third kappa shape index (κ3) is 3.20. The van der Waals surface area contributed by atoms with Crippen molar-refractivity contribution in [2.45, 2.75) is 19.4 Å². The van der Waals surface area contributed by atoms with Gasteiger partial charge in [-0.1, -0.05) is 24.3 Å². The van der Waals surface area contributed by atoms with Crippen LogP contribution in [0.2, 0.25) is 0 Å². The maximum absolute atomic E-state index is 5.59. The first-order chi connectivity index (χ1) is 9.28. The zero-order valence-corrected chi connectivity index (χ0v) is 11.2. The van der Waals surface area contributed by atoms with E-state index < -0.39 is 6.29 Å². The Morgan fingerprint density at radius 1 is 1.16 bits per heavy atom. The van der Waals surface area contributed by atoms with Gasteiger partial charge in [0.1, 0.15) is 0 Å². The van der Waals surface area contributed by atoms with Gasteiger partial charge in [0.15, 0.2) is 6.29 Å². The van der Waals surface area contributed by atoms with E-state index in [2.05, 4.69) is 17.1 Å². The van der Waals surface area contributed by atoms with Crippen LogP contribution in [0.1, 0.15) is 23.1 Å². The summed E-state index contributed by atoms with van der Waals surface area (Å²) in [5.74, 6) is 0. The topological polar surface area (TPSA) is 62.3 Å². The maximum atomic E-state index is 5.59. The van der Waals surface area contributed by atoms with Gasteiger partial charge in [0.05, 0.1) is 18.2 Å². The zero-order valence-electron chi connectivity index (χ0n) is 11.2. The Hall–Kier alpha value is -1.69. The van der Waals surface area contributed by atoms with E-state index in [9.17, 15) is 0 Å². The molecule has 0 bridgehead atoms. The number of nitrogens with two attached hydrogens (primary N) is 1. The average Bonchev–Trinajstić information content (AvgIpc) is 2.89. The van der Waals surface area contributed by atoms with Crippen LogP contribution in [-0.2, 0) is 22.6 Å². The molecule has 0 saturated heterocycles. The average molecular weight is 261 g/mol. The van der Waals surface area contributed by atoms with Gasteiger partial charge in [0.25, 0.3) is 0 Å². The molecule has 0 aliphatic rings. The van der Waals surface area contributed by atoms with Crippen molar-refractivity contribution in [2.75, 3.05) is 14.2 Å². The molecular weight excluding hydrogens is 242 g/mol. The second-order valence-corrected chi connectivity index (χ2v) is 4.27. The molecule has 5 nitrogen and oxygen atoms in total. The largest absolute Gasteiger partial charge is 0.350 e. The Balaban J connectivity index is 2.16. The number of rotatable bonds is 6. The molecule has 2 rings (SSSR count). The molecule has 0 aliphatic carbocycles. The van der Waals surface area contributed by atoms with Crippen LogP contribution in [0.15, 0.2) is 36.8 Å². The summed E-state index contributed by atoms with van der Waals surface area (Å²) in [5.41, 5.74) is 8.79. The normalized spacial score (nSPS) is 11.2. The summed E-state index contributed by atoms with van der Waals surface area (Å²) in [6.07, 6.45) is 3.13. The molecule has 102 valence electrons. The van der Waals surface area contributed by atoms with Crippen LogP contribution in [0.5, 0.6) is 0 Å². The fourth-order valence-corrected chi connectivity index (χ4v) is 1.97. The van der Waals surface area contributed by atoms with Crippen molar-refractivity contribution in [3.63, 3.8) is 0 Å². The first kappa shape index (κ1) is 13.7. The van der Waals surface area contributed by atoms with Gasteiger partial charge in [-0.2, -0.15) is 0 Å². The lowest BCUT2D eigenvalue weighted by atomic mass is 10.1. The third-order valence-electron chi connectivity index (χ3n) is 3.03. The highest BCUT2D eigenvalue weighted by Gasteiger charge is 2.14. The molecule has 1 aromatic heterocycles. The highest BCUT2D eigenvalue weighted by atomic mass is 16.7. The molecule has 19 heavy (non-hydrogen) atoms. The minimum atomic E-state index is -0.397. The Morgan fingerprint density at radius 2 is 1.79 bits per heavy atom. The van der Waals surface area contributed by atoms with Crippen LogP contribution < -0.4 is 5.73 Å². The van der Waals surface area contributed by atoms with Gasteiger partial charge >= 0.3 is 0 Å². The first-order valence-corrected chi connectivity index (χ1v) is 6.12. The fraction of sp³-hybridized carbons (Fsp3) is 0.357. The summed E-state index contributed by atoms with van der Waals surface area (Å²) in [5, 5.41) is 0. The van der Waals surface area contributed by atoms with E-state index in [4.69, 9.17) is 15.2 Å². The molecule has 1 heterocycles. The van der Waals surface area contributed by atoms with Crippen molar-refractivity contribution in [3.05, 3.63) is 53.6 Å². The minimum absolute atomic E-state index is 0.397. The van der Waals surface area contributed by atoms with Crippen molar-refractivity contribution in [3.8, 4) is 0 Å². The van der Waals surface area contributed by atoms with Gasteiger partial charge < -0.3 is 19.8 Å². The van der Waals surface area contributed by atoms with Crippen LogP contribution in [0.25, 0.3) is 0 Å². The summed E-state index contributed by atoms with van der Waals surface area (Å²) in [4.78, 5) is 4.15. The molecule has 0 aliphatic heterocycles. The Bertz CT molecular complexity index is 504. The number of methoxy groups -OCH3 is 2. The van der Waals surface area contributed by atoms with Crippen molar-refractivity contribution >= 4 is 0 Å². The second-order valence-electron chi connectivity index (χ2n) is 4.27. The van der Waals surface area contributed by atoms with E-state index in [1.165, 1.54) is 5.56 Å². The second kappa shape index (κ2) is 6.47. The number of hydrogen-bond acceptors (Lipinski definition) is 4. The molecular formula is C14H19N3O2. The molecule has 0 saturated carbocycles. The zero-order chi connectivity index (χ0) is 13.7. The van der Waals surface area contributed by atoms with Gasteiger partial charge in [0.2, 0.25) is 0 Å². The van der Waals surface area contributed by atoms with Crippen LogP contribution in [0, 0.1) is 0 Å². The lowest BCUT2D eigenvalue weighted by Gasteiger charge is -2.15. The number of imidazole rings is 1. The Labute approximate surface area is 113 Å². The predicted octanol–water partition coefficient (Wildman–Crippen LogP) is 1.68. The lowest BCUT2D eigenvalue weighted by Crippen LogP contribution is -2.11. The Morgan fingerprint density at radius 3 is 2.37 bits per heavy atom. The predicted molar refractivity (Wildman–Crippen MR) is 72.4 cm³/mol. The van der Waals surface area contributed by atoms with E-state index in [0.717, 1.165) is 17.8 Å². The van der Waals surface area contributed by atoms with Crippen molar-refractivity contribution in [2.24, 2.45) is 5.73 Å². The number of aromatic nitrogens is 2. The number of hydrogen-bond donors (Lipinski definition) is 1. The summed E-state index contributed by atoms with van der Waals surface area (Å²) >= 11 is 0. The molecule has 2 N–H and O–H groups in total. The van der Waals surface area contributed by atoms with Gasteiger partial charge in [-0.25, -0.2) is 4.98 Å². The lowest BCUT2D eigenvalue weighted by molar-refractivity contribution is -0.110. The molecule has 0 atom stereocenters. The molecule has 0 radical (unpaired) electrons. The minimum Gasteiger partial charge on any atom is -0.350 e. The smallest absolute Gasteiger partial charge is 0.200 e. The SMILES string of the molecule is COC(OC)c1cncn1Cc1ccc(CN)cc1. The van der Waals surface area contributed by atoms with E-state index in [-0.39, 0.29) is 0 Å². The Kier molecular flexibility index (Phi) is 4.68. The standard InChI is InChI=1S/C14H19N3O2/c1-18-14(19-2)13-8-16-10-17(13)9-12-5-3-11(7-15)4-6-12/h3-6,8,10,14H,7,9,15H2,1-2H3.